The lowest BCUT2D eigenvalue weighted by atomic mass is 10.0. The highest BCUT2D eigenvalue weighted by molar-refractivity contribution is 5.71. The number of halogens is 3. The number of nitriles is 1. The second-order valence-corrected chi connectivity index (χ2v) is 3.77. The van der Waals surface area contributed by atoms with Crippen LogP contribution < -0.4 is 4.74 Å². The van der Waals surface area contributed by atoms with Gasteiger partial charge in [0.15, 0.2) is 0 Å². The number of ether oxygens (including phenoxy) is 1. The lowest BCUT2D eigenvalue weighted by Crippen LogP contribution is -2.17. The fourth-order valence-corrected chi connectivity index (χ4v) is 1.62. The van der Waals surface area contributed by atoms with Crippen molar-refractivity contribution in [2.75, 3.05) is 0 Å². The van der Waals surface area contributed by atoms with Gasteiger partial charge in [0, 0.05) is 24.4 Å². The third-order valence-corrected chi connectivity index (χ3v) is 2.36. The molecular weight excluding hydrogens is 259 g/mol. The topological polar surface area (TPSA) is 50.8 Å². The molecule has 7 heteroatoms. The first-order valence-corrected chi connectivity index (χ1v) is 5.18. The summed E-state index contributed by atoms with van der Waals surface area (Å²) in [6.07, 6.45) is -1.69. The molecule has 19 heavy (non-hydrogen) atoms. The molecule has 0 radical (unpaired) electrons. The van der Waals surface area contributed by atoms with E-state index in [9.17, 15) is 13.2 Å². The van der Waals surface area contributed by atoms with Gasteiger partial charge in [-0.15, -0.1) is 13.2 Å². The van der Waals surface area contributed by atoms with Crippen LogP contribution in [0.15, 0.2) is 30.6 Å². The number of aryl methyl sites for hydroxylation is 1. The first kappa shape index (κ1) is 13.0. The minimum absolute atomic E-state index is 0.252. The predicted molar refractivity (Wildman–Crippen MR) is 60.0 cm³/mol. The maximum absolute atomic E-state index is 12.2. The predicted octanol–water partition coefficient (Wildman–Crippen LogP) is 2.86. The summed E-state index contributed by atoms with van der Waals surface area (Å²) < 4.78 is 41.8. The van der Waals surface area contributed by atoms with Crippen molar-refractivity contribution in [2.24, 2.45) is 7.05 Å². The standard InChI is InChI=1S/C12H8F3N3O/c1-18-7-9(6-17-18)11-4-10(19-12(13,14)15)3-2-8(11)5-16/h2-4,6-7H,1H3. The van der Waals surface area contributed by atoms with Crippen LogP contribution in [0.3, 0.4) is 0 Å². The fourth-order valence-electron chi connectivity index (χ4n) is 1.62. The van der Waals surface area contributed by atoms with E-state index in [-0.39, 0.29) is 11.3 Å². The first-order valence-electron chi connectivity index (χ1n) is 5.18. The Labute approximate surface area is 106 Å². The van der Waals surface area contributed by atoms with Crippen LogP contribution in [0.1, 0.15) is 5.56 Å². The lowest BCUT2D eigenvalue weighted by molar-refractivity contribution is -0.274. The highest BCUT2D eigenvalue weighted by Crippen LogP contribution is 2.30. The van der Waals surface area contributed by atoms with E-state index < -0.39 is 6.36 Å². The van der Waals surface area contributed by atoms with E-state index >= 15 is 0 Å². The van der Waals surface area contributed by atoms with Crippen LogP contribution in [0.5, 0.6) is 5.75 Å². The summed E-state index contributed by atoms with van der Waals surface area (Å²) >= 11 is 0. The zero-order valence-electron chi connectivity index (χ0n) is 9.77. The zero-order valence-corrected chi connectivity index (χ0v) is 9.77. The SMILES string of the molecule is Cn1cc(-c2cc(OC(F)(F)F)ccc2C#N)cn1. The Balaban J connectivity index is 2.46. The number of hydrogen-bond acceptors (Lipinski definition) is 3. The summed E-state index contributed by atoms with van der Waals surface area (Å²) in [4.78, 5) is 0. The van der Waals surface area contributed by atoms with Crippen molar-refractivity contribution in [3.63, 3.8) is 0 Å². The molecule has 0 unspecified atom stereocenters. The van der Waals surface area contributed by atoms with Crippen LogP contribution in [0, 0.1) is 11.3 Å². The van der Waals surface area contributed by atoms with Gasteiger partial charge in [-0.2, -0.15) is 10.4 Å². The van der Waals surface area contributed by atoms with Crippen molar-refractivity contribution in [2.45, 2.75) is 6.36 Å². The van der Waals surface area contributed by atoms with Crippen molar-refractivity contribution in [3.8, 4) is 22.9 Å². The summed E-state index contributed by atoms with van der Waals surface area (Å²) in [5.41, 5.74) is 1.14. The molecule has 0 amide bonds. The average molecular weight is 267 g/mol. The summed E-state index contributed by atoms with van der Waals surface area (Å²) in [6.45, 7) is 0. The summed E-state index contributed by atoms with van der Waals surface area (Å²) in [5, 5.41) is 12.9. The van der Waals surface area contributed by atoms with Crippen molar-refractivity contribution in [1.82, 2.24) is 9.78 Å². The molecule has 0 N–H and O–H groups in total. The molecule has 0 aliphatic carbocycles. The van der Waals surface area contributed by atoms with Crippen molar-refractivity contribution >= 4 is 0 Å². The maximum Gasteiger partial charge on any atom is 0.573 e. The Kier molecular flexibility index (Phi) is 3.17. The number of rotatable bonds is 2. The Morgan fingerprint density at radius 2 is 2.11 bits per heavy atom. The van der Waals surface area contributed by atoms with E-state index in [0.29, 0.717) is 11.1 Å². The van der Waals surface area contributed by atoms with E-state index in [4.69, 9.17) is 5.26 Å². The van der Waals surface area contributed by atoms with Gasteiger partial charge >= 0.3 is 6.36 Å². The summed E-state index contributed by atoms with van der Waals surface area (Å²) in [6, 6.07) is 5.47. The highest BCUT2D eigenvalue weighted by atomic mass is 19.4. The number of benzene rings is 1. The Morgan fingerprint density at radius 1 is 1.37 bits per heavy atom. The van der Waals surface area contributed by atoms with Crippen molar-refractivity contribution in [1.29, 1.82) is 5.26 Å². The number of nitrogens with zero attached hydrogens (tertiary/aromatic N) is 3. The minimum atomic E-state index is -4.76. The molecule has 0 fully saturated rings. The molecular formula is C12H8F3N3O. The largest absolute Gasteiger partial charge is 0.573 e. The van der Waals surface area contributed by atoms with Crippen LogP contribution in [0.2, 0.25) is 0 Å². The molecule has 0 spiro atoms. The van der Waals surface area contributed by atoms with Crippen LogP contribution in [-0.4, -0.2) is 16.1 Å². The van der Waals surface area contributed by atoms with Crippen LogP contribution in [-0.2, 0) is 7.05 Å². The normalized spacial score (nSPS) is 11.1. The second-order valence-electron chi connectivity index (χ2n) is 3.77. The Morgan fingerprint density at radius 3 is 2.63 bits per heavy atom. The molecule has 0 atom stereocenters. The van der Waals surface area contributed by atoms with E-state index in [1.54, 1.807) is 13.2 Å². The van der Waals surface area contributed by atoms with Gasteiger partial charge in [0.2, 0.25) is 0 Å². The molecule has 0 bridgehead atoms. The quantitative estimate of drug-likeness (QED) is 0.840. The van der Waals surface area contributed by atoms with Crippen LogP contribution in [0.4, 0.5) is 13.2 Å². The Bertz CT molecular complexity index is 640. The lowest BCUT2D eigenvalue weighted by Gasteiger charge is -2.10. The van der Waals surface area contributed by atoms with Crippen molar-refractivity contribution < 1.29 is 17.9 Å². The molecule has 98 valence electrons. The molecule has 0 saturated heterocycles. The average Bonchev–Trinajstić information content (AvgIpc) is 2.73. The van der Waals surface area contributed by atoms with Gasteiger partial charge in [-0.3, -0.25) is 4.68 Å². The van der Waals surface area contributed by atoms with E-state index in [1.165, 1.54) is 23.0 Å². The number of hydrogen-bond donors (Lipinski definition) is 0. The van der Waals surface area contributed by atoms with Gasteiger partial charge in [0.25, 0.3) is 0 Å². The van der Waals surface area contributed by atoms with Crippen LogP contribution in [0.25, 0.3) is 11.1 Å². The van der Waals surface area contributed by atoms with Gasteiger partial charge in [0.1, 0.15) is 5.75 Å². The van der Waals surface area contributed by atoms with Gasteiger partial charge < -0.3 is 4.74 Å². The first-order chi connectivity index (χ1) is 8.89. The van der Waals surface area contributed by atoms with Crippen LogP contribution >= 0.6 is 0 Å². The minimum Gasteiger partial charge on any atom is -0.406 e. The number of alkyl halides is 3. The number of aromatic nitrogens is 2. The summed E-state index contributed by atoms with van der Waals surface area (Å²) in [7, 11) is 1.67. The summed E-state index contributed by atoms with van der Waals surface area (Å²) in [5.74, 6) is -0.370. The molecule has 1 aromatic carbocycles. The molecule has 0 aliphatic heterocycles. The van der Waals surface area contributed by atoms with E-state index in [1.807, 2.05) is 6.07 Å². The zero-order chi connectivity index (χ0) is 14.0. The van der Waals surface area contributed by atoms with Gasteiger partial charge in [0.05, 0.1) is 17.8 Å². The fraction of sp³-hybridized carbons (Fsp3) is 0.167. The molecule has 1 heterocycles. The Hall–Kier alpha value is -2.49. The van der Waals surface area contributed by atoms with Gasteiger partial charge in [-0.25, -0.2) is 0 Å². The molecule has 4 nitrogen and oxygen atoms in total. The third kappa shape index (κ3) is 3.04. The molecule has 0 saturated carbocycles. The molecule has 0 aliphatic rings. The second kappa shape index (κ2) is 4.65. The molecule has 1 aromatic heterocycles. The van der Waals surface area contributed by atoms with Gasteiger partial charge in [-0.05, 0) is 18.2 Å². The van der Waals surface area contributed by atoms with Crippen molar-refractivity contribution in [3.05, 3.63) is 36.2 Å². The highest BCUT2D eigenvalue weighted by Gasteiger charge is 2.31. The smallest absolute Gasteiger partial charge is 0.406 e. The monoisotopic (exact) mass is 267 g/mol. The third-order valence-electron chi connectivity index (χ3n) is 2.36. The maximum atomic E-state index is 12.2. The molecule has 2 aromatic rings. The van der Waals surface area contributed by atoms with Gasteiger partial charge in [-0.1, -0.05) is 0 Å². The van der Waals surface area contributed by atoms with E-state index in [0.717, 1.165) is 6.07 Å². The van der Waals surface area contributed by atoms with E-state index in [2.05, 4.69) is 9.84 Å². The molecule has 2 rings (SSSR count).